The Hall–Kier alpha value is -2.13. The first kappa shape index (κ1) is 26.1. The molecule has 0 bridgehead atoms. The van der Waals surface area contributed by atoms with Gasteiger partial charge in [-0.25, -0.2) is 0 Å². The molecule has 1 amide bonds. The second kappa shape index (κ2) is 13.4. The SMILES string of the molecule is CN=C(NCc1ccc(CN2CCCCC2)cc1)NCc1ccc(C(=O)N(C)C)cc1.I. The first-order valence-corrected chi connectivity index (χ1v) is 11.1. The highest BCUT2D eigenvalue weighted by Crippen LogP contribution is 2.13. The van der Waals surface area contributed by atoms with E-state index in [2.05, 4.69) is 44.8 Å². The summed E-state index contributed by atoms with van der Waals surface area (Å²) in [6, 6.07) is 16.5. The summed E-state index contributed by atoms with van der Waals surface area (Å²) in [5, 5.41) is 6.70. The second-order valence-electron chi connectivity index (χ2n) is 8.33. The molecule has 0 radical (unpaired) electrons. The molecule has 2 aromatic rings. The van der Waals surface area contributed by atoms with Gasteiger partial charge in [-0.3, -0.25) is 14.7 Å². The fraction of sp³-hybridized carbons (Fsp3) is 0.440. The van der Waals surface area contributed by atoms with Crippen LogP contribution >= 0.6 is 24.0 Å². The number of nitrogens with zero attached hydrogens (tertiary/aromatic N) is 3. The summed E-state index contributed by atoms with van der Waals surface area (Å²) in [4.78, 5) is 20.4. The van der Waals surface area contributed by atoms with Gasteiger partial charge >= 0.3 is 0 Å². The lowest BCUT2D eigenvalue weighted by molar-refractivity contribution is 0.0827. The van der Waals surface area contributed by atoms with E-state index in [0.717, 1.165) is 24.6 Å². The molecule has 1 saturated heterocycles. The zero-order valence-electron chi connectivity index (χ0n) is 19.4. The molecule has 2 N–H and O–H groups in total. The number of carbonyl (C=O) groups excluding carboxylic acids is 1. The summed E-state index contributed by atoms with van der Waals surface area (Å²) < 4.78 is 0. The van der Waals surface area contributed by atoms with Crippen LogP contribution in [0.2, 0.25) is 0 Å². The first-order valence-electron chi connectivity index (χ1n) is 11.1. The summed E-state index contributed by atoms with van der Waals surface area (Å²) >= 11 is 0. The van der Waals surface area contributed by atoms with Gasteiger partial charge < -0.3 is 15.5 Å². The molecule has 1 aliphatic rings. The molecule has 1 fully saturated rings. The van der Waals surface area contributed by atoms with Crippen molar-refractivity contribution in [1.82, 2.24) is 20.4 Å². The Labute approximate surface area is 209 Å². The fourth-order valence-electron chi connectivity index (χ4n) is 3.75. The Morgan fingerprint density at radius 3 is 1.88 bits per heavy atom. The van der Waals surface area contributed by atoms with Gasteiger partial charge in [0.15, 0.2) is 5.96 Å². The fourth-order valence-corrected chi connectivity index (χ4v) is 3.75. The van der Waals surface area contributed by atoms with Crippen LogP contribution in [0.1, 0.15) is 46.3 Å². The second-order valence-corrected chi connectivity index (χ2v) is 8.33. The summed E-state index contributed by atoms with van der Waals surface area (Å²) in [5.41, 5.74) is 4.40. The number of piperidine rings is 1. The lowest BCUT2D eigenvalue weighted by Crippen LogP contribution is -2.36. The molecule has 1 aliphatic heterocycles. The summed E-state index contributed by atoms with van der Waals surface area (Å²) in [6.45, 7) is 4.86. The Morgan fingerprint density at radius 2 is 1.38 bits per heavy atom. The van der Waals surface area contributed by atoms with Crippen molar-refractivity contribution < 1.29 is 4.79 Å². The molecular formula is C25H36IN5O. The van der Waals surface area contributed by atoms with E-state index < -0.39 is 0 Å². The summed E-state index contributed by atoms with van der Waals surface area (Å²) in [5.74, 6) is 0.768. The molecule has 0 saturated carbocycles. The number of benzene rings is 2. The highest BCUT2D eigenvalue weighted by molar-refractivity contribution is 14.0. The highest BCUT2D eigenvalue weighted by Gasteiger charge is 2.10. The van der Waals surface area contributed by atoms with Crippen LogP contribution in [-0.4, -0.2) is 55.9 Å². The van der Waals surface area contributed by atoms with Crippen molar-refractivity contribution in [3.8, 4) is 0 Å². The van der Waals surface area contributed by atoms with Crippen molar-refractivity contribution in [3.63, 3.8) is 0 Å². The first-order chi connectivity index (χ1) is 15.0. The molecular weight excluding hydrogens is 513 g/mol. The lowest BCUT2D eigenvalue weighted by Gasteiger charge is -2.26. The molecule has 0 unspecified atom stereocenters. The van der Waals surface area contributed by atoms with Crippen molar-refractivity contribution in [2.45, 2.75) is 38.9 Å². The zero-order chi connectivity index (χ0) is 22.1. The van der Waals surface area contributed by atoms with E-state index in [1.165, 1.54) is 43.5 Å². The molecule has 0 aromatic heterocycles. The van der Waals surface area contributed by atoms with Crippen LogP contribution in [-0.2, 0) is 19.6 Å². The minimum atomic E-state index is 0. The van der Waals surface area contributed by atoms with Crippen LogP contribution in [0.5, 0.6) is 0 Å². The highest BCUT2D eigenvalue weighted by atomic mass is 127. The van der Waals surface area contributed by atoms with E-state index in [4.69, 9.17) is 0 Å². The average molecular weight is 550 g/mol. The van der Waals surface area contributed by atoms with Crippen LogP contribution in [0.4, 0.5) is 0 Å². The van der Waals surface area contributed by atoms with E-state index in [0.29, 0.717) is 12.1 Å². The molecule has 1 heterocycles. The van der Waals surface area contributed by atoms with Crippen LogP contribution < -0.4 is 10.6 Å². The van der Waals surface area contributed by atoms with Crippen molar-refractivity contribution in [3.05, 3.63) is 70.8 Å². The normalized spacial score (nSPS) is 14.4. The van der Waals surface area contributed by atoms with Gasteiger partial charge in [0.25, 0.3) is 5.91 Å². The number of likely N-dealkylation sites (tertiary alicyclic amines) is 1. The van der Waals surface area contributed by atoms with E-state index in [1.54, 1.807) is 26.0 Å². The quantitative estimate of drug-likeness (QED) is 0.313. The molecule has 6 nitrogen and oxygen atoms in total. The standard InChI is InChI=1S/C25H35N5O.HI/c1-26-25(28-18-21-11-13-23(14-12-21)24(31)29(2)3)27-17-20-7-9-22(10-8-20)19-30-15-5-4-6-16-30;/h7-14H,4-6,15-19H2,1-3H3,(H2,26,27,28);1H. The van der Waals surface area contributed by atoms with Crippen molar-refractivity contribution in [2.75, 3.05) is 34.2 Å². The number of guanidine groups is 1. The molecule has 7 heteroatoms. The minimum absolute atomic E-state index is 0. The van der Waals surface area contributed by atoms with Crippen molar-refractivity contribution >= 4 is 35.8 Å². The van der Waals surface area contributed by atoms with Crippen LogP contribution in [0.3, 0.4) is 0 Å². The monoisotopic (exact) mass is 549 g/mol. The zero-order valence-corrected chi connectivity index (χ0v) is 21.8. The smallest absolute Gasteiger partial charge is 0.253 e. The van der Waals surface area contributed by atoms with Crippen molar-refractivity contribution in [2.24, 2.45) is 4.99 Å². The Morgan fingerprint density at radius 1 is 0.875 bits per heavy atom. The lowest BCUT2D eigenvalue weighted by atomic mass is 10.1. The number of aliphatic imine (C=N–C) groups is 1. The third-order valence-electron chi connectivity index (χ3n) is 5.63. The Kier molecular flexibility index (Phi) is 11.0. The van der Waals surface area contributed by atoms with E-state index in [9.17, 15) is 4.79 Å². The number of hydrogen-bond acceptors (Lipinski definition) is 3. The Bertz CT molecular complexity index is 859. The van der Waals surface area contributed by atoms with E-state index in [-0.39, 0.29) is 29.9 Å². The van der Waals surface area contributed by atoms with Gasteiger partial charge in [-0.15, -0.1) is 24.0 Å². The molecule has 3 rings (SSSR count). The van der Waals surface area contributed by atoms with Gasteiger partial charge in [0.2, 0.25) is 0 Å². The molecule has 0 spiro atoms. The molecule has 2 aromatic carbocycles. The van der Waals surface area contributed by atoms with Gasteiger partial charge in [-0.05, 0) is 54.8 Å². The molecule has 0 atom stereocenters. The predicted molar refractivity (Wildman–Crippen MR) is 142 cm³/mol. The van der Waals surface area contributed by atoms with E-state index >= 15 is 0 Å². The maximum absolute atomic E-state index is 12.0. The van der Waals surface area contributed by atoms with Gasteiger partial charge in [0.05, 0.1) is 0 Å². The number of rotatable bonds is 7. The maximum Gasteiger partial charge on any atom is 0.253 e. The van der Waals surface area contributed by atoms with Crippen LogP contribution in [0.25, 0.3) is 0 Å². The minimum Gasteiger partial charge on any atom is -0.352 e. The number of carbonyl (C=O) groups is 1. The number of amides is 1. The van der Waals surface area contributed by atoms with Crippen LogP contribution in [0, 0.1) is 0 Å². The van der Waals surface area contributed by atoms with Crippen LogP contribution in [0.15, 0.2) is 53.5 Å². The third kappa shape index (κ3) is 8.09. The molecule has 0 aliphatic carbocycles. The van der Waals surface area contributed by atoms with Gasteiger partial charge in [0, 0.05) is 46.3 Å². The topological polar surface area (TPSA) is 60.0 Å². The maximum atomic E-state index is 12.0. The molecule has 32 heavy (non-hydrogen) atoms. The number of nitrogens with one attached hydrogen (secondary N) is 2. The third-order valence-corrected chi connectivity index (χ3v) is 5.63. The van der Waals surface area contributed by atoms with Gasteiger partial charge in [-0.1, -0.05) is 42.8 Å². The Balaban J connectivity index is 0.00000363. The van der Waals surface area contributed by atoms with Gasteiger partial charge in [-0.2, -0.15) is 0 Å². The van der Waals surface area contributed by atoms with Crippen molar-refractivity contribution in [1.29, 1.82) is 0 Å². The predicted octanol–water partition coefficient (Wildman–Crippen LogP) is 3.86. The van der Waals surface area contributed by atoms with E-state index in [1.807, 2.05) is 24.3 Å². The number of halogens is 1. The summed E-state index contributed by atoms with van der Waals surface area (Å²) in [7, 11) is 5.29. The largest absolute Gasteiger partial charge is 0.352 e. The number of hydrogen-bond donors (Lipinski definition) is 2. The summed E-state index contributed by atoms with van der Waals surface area (Å²) in [6.07, 6.45) is 4.02. The molecule has 174 valence electrons. The average Bonchev–Trinajstić information content (AvgIpc) is 2.80. The van der Waals surface area contributed by atoms with Gasteiger partial charge in [0.1, 0.15) is 0 Å².